The molecule has 0 atom stereocenters. The predicted octanol–water partition coefficient (Wildman–Crippen LogP) is 3.38. The Kier molecular flexibility index (Phi) is 5.12. The molecule has 3 aromatic rings. The highest BCUT2D eigenvalue weighted by atomic mass is 19.4. The van der Waals surface area contributed by atoms with Crippen LogP contribution in [0.1, 0.15) is 21.6 Å². The van der Waals surface area contributed by atoms with Gasteiger partial charge in [0.05, 0.1) is 11.3 Å². The first-order chi connectivity index (χ1) is 15.8. The Bertz CT molecular complexity index is 1220. The van der Waals surface area contributed by atoms with Crippen LogP contribution in [0.25, 0.3) is 5.69 Å². The normalized spacial score (nSPS) is 14.9. The molecule has 0 radical (unpaired) electrons. The number of hydrogen-bond donors (Lipinski definition) is 1. The summed E-state index contributed by atoms with van der Waals surface area (Å²) in [6, 6.07) is 11.4. The fourth-order valence-electron chi connectivity index (χ4n) is 3.75. The third-order valence-electron chi connectivity index (χ3n) is 5.41. The van der Waals surface area contributed by atoms with E-state index in [9.17, 15) is 18.0 Å². The smallest absolute Gasteiger partial charge is 0.435 e. The van der Waals surface area contributed by atoms with Crippen molar-refractivity contribution in [3.05, 3.63) is 59.3 Å². The van der Waals surface area contributed by atoms with E-state index in [1.807, 2.05) is 0 Å². The van der Waals surface area contributed by atoms with Crippen LogP contribution in [-0.4, -0.2) is 42.7 Å². The summed E-state index contributed by atoms with van der Waals surface area (Å²) in [4.78, 5) is 14.6. The first-order valence-corrected chi connectivity index (χ1v) is 10.1. The van der Waals surface area contributed by atoms with Crippen molar-refractivity contribution in [3.8, 4) is 23.1 Å². The molecule has 1 aromatic heterocycles. The number of benzene rings is 2. The number of amides is 1. The van der Waals surface area contributed by atoms with Crippen LogP contribution in [-0.2, 0) is 12.7 Å². The highest BCUT2D eigenvalue weighted by Crippen LogP contribution is 2.38. The molecule has 172 valence electrons. The molecular formula is C22H19F3N4O4. The van der Waals surface area contributed by atoms with Gasteiger partial charge in [-0.25, -0.2) is 4.68 Å². The molecule has 0 spiro atoms. The van der Waals surface area contributed by atoms with E-state index in [1.54, 1.807) is 43.4 Å². The van der Waals surface area contributed by atoms with Crippen LogP contribution in [0.2, 0.25) is 0 Å². The van der Waals surface area contributed by atoms with Crippen molar-refractivity contribution in [2.45, 2.75) is 12.7 Å². The van der Waals surface area contributed by atoms with Crippen molar-refractivity contribution in [1.82, 2.24) is 15.1 Å². The molecule has 2 aromatic carbocycles. The van der Waals surface area contributed by atoms with E-state index >= 15 is 0 Å². The molecule has 0 bridgehead atoms. The molecule has 33 heavy (non-hydrogen) atoms. The summed E-state index contributed by atoms with van der Waals surface area (Å²) in [5, 5.41) is 6.69. The second kappa shape index (κ2) is 8.00. The van der Waals surface area contributed by atoms with Crippen molar-refractivity contribution >= 4 is 11.6 Å². The average Bonchev–Trinajstić information content (AvgIpc) is 3.35. The lowest BCUT2D eigenvalue weighted by Gasteiger charge is -2.18. The standard InChI is InChI=1S/C22H19F3N4O4/c1-28(14-5-6-17-18(10-14)33-12-32-17)20(30)13-3-2-4-15(9-13)29-21-16(11-26-7-8-31-21)19(27-29)22(23,24)25/h2-6,9-10,26H,7-8,11-12H2,1H3. The summed E-state index contributed by atoms with van der Waals surface area (Å²) >= 11 is 0. The van der Waals surface area contributed by atoms with Crippen LogP contribution >= 0.6 is 0 Å². The molecule has 1 N–H and O–H groups in total. The van der Waals surface area contributed by atoms with E-state index < -0.39 is 11.9 Å². The van der Waals surface area contributed by atoms with Gasteiger partial charge in [-0.2, -0.15) is 18.3 Å². The van der Waals surface area contributed by atoms with E-state index in [4.69, 9.17) is 14.2 Å². The van der Waals surface area contributed by atoms with Gasteiger partial charge in [0, 0.05) is 37.5 Å². The van der Waals surface area contributed by atoms with Crippen molar-refractivity contribution in [2.75, 3.05) is 31.9 Å². The number of aromatic nitrogens is 2. The number of carbonyl (C=O) groups excluding carboxylic acids is 1. The molecule has 2 aliphatic heterocycles. The molecule has 11 heteroatoms. The Morgan fingerprint density at radius 2 is 1.94 bits per heavy atom. The lowest BCUT2D eigenvalue weighted by Crippen LogP contribution is -2.26. The molecule has 3 heterocycles. The van der Waals surface area contributed by atoms with Crippen molar-refractivity contribution in [2.24, 2.45) is 0 Å². The summed E-state index contributed by atoms with van der Waals surface area (Å²) in [7, 11) is 1.60. The fraction of sp³-hybridized carbons (Fsp3) is 0.273. The SMILES string of the molecule is CN(C(=O)c1cccc(-n2nc(C(F)(F)F)c3c2OCCNC3)c1)c1ccc2c(c1)OCO2. The molecular weight excluding hydrogens is 441 g/mol. The van der Waals surface area contributed by atoms with E-state index in [-0.39, 0.29) is 48.5 Å². The molecule has 1 amide bonds. The molecule has 8 nitrogen and oxygen atoms in total. The van der Waals surface area contributed by atoms with Gasteiger partial charge in [-0.05, 0) is 30.3 Å². The minimum atomic E-state index is -4.64. The van der Waals surface area contributed by atoms with Gasteiger partial charge < -0.3 is 24.4 Å². The molecule has 0 saturated carbocycles. The molecule has 0 fully saturated rings. The van der Waals surface area contributed by atoms with Gasteiger partial charge in [0.15, 0.2) is 17.2 Å². The first kappa shape index (κ1) is 21.1. The van der Waals surface area contributed by atoms with E-state index in [1.165, 1.54) is 11.0 Å². The zero-order valence-corrected chi connectivity index (χ0v) is 17.5. The highest BCUT2D eigenvalue weighted by molar-refractivity contribution is 6.06. The number of rotatable bonds is 3. The molecule has 2 aliphatic rings. The number of halogens is 3. The number of nitrogens with zero attached hydrogens (tertiary/aromatic N) is 3. The Labute approximate surface area is 186 Å². The minimum Gasteiger partial charge on any atom is -0.476 e. The maximum atomic E-state index is 13.6. The van der Waals surface area contributed by atoms with Gasteiger partial charge >= 0.3 is 6.18 Å². The van der Waals surface area contributed by atoms with E-state index in [0.717, 1.165) is 4.68 Å². The second-order valence-corrected chi connectivity index (χ2v) is 7.52. The first-order valence-electron chi connectivity index (χ1n) is 10.1. The van der Waals surface area contributed by atoms with Gasteiger partial charge in [0.25, 0.3) is 5.91 Å². The summed E-state index contributed by atoms with van der Waals surface area (Å²) < 4.78 is 58.1. The number of nitrogens with one attached hydrogen (secondary N) is 1. The summed E-state index contributed by atoms with van der Waals surface area (Å²) in [6.45, 7) is 0.701. The van der Waals surface area contributed by atoms with Gasteiger partial charge in [-0.15, -0.1) is 0 Å². The largest absolute Gasteiger partial charge is 0.476 e. The van der Waals surface area contributed by atoms with Gasteiger partial charge in [-0.3, -0.25) is 4.79 Å². The third kappa shape index (κ3) is 3.84. The Balaban J connectivity index is 1.50. The Hall–Kier alpha value is -3.73. The van der Waals surface area contributed by atoms with Crippen molar-refractivity contribution < 1.29 is 32.2 Å². The fourth-order valence-corrected chi connectivity index (χ4v) is 3.75. The zero-order valence-electron chi connectivity index (χ0n) is 17.5. The lowest BCUT2D eigenvalue weighted by atomic mass is 10.1. The Morgan fingerprint density at radius 3 is 2.76 bits per heavy atom. The summed E-state index contributed by atoms with van der Waals surface area (Å²) in [5.41, 5.74) is 0.0671. The highest BCUT2D eigenvalue weighted by Gasteiger charge is 2.40. The number of hydrogen-bond acceptors (Lipinski definition) is 6. The van der Waals surface area contributed by atoms with Crippen LogP contribution in [0.15, 0.2) is 42.5 Å². The van der Waals surface area contributed by atoms with E-state index in [2.05, 4.69) is 10.4 Å². The zero-order chi connectivity index (χ0) is 23.2. The maximum Gasteiger partial charge on any atom is 0.435 e. The molecule has 0 aliphatic carbocycles. The average molecular weight is 460 g/mol. The van der Waals surface area contributed by atoms with Crippen molar-refractivity contribution in [1.29, 1.82) is 0 Å². The van der Waals surface area contributed by atoms with Crippen LogP contribution in [0.4, 0.5) is 18.9 Å². The summed E-state index contributed by atoms with van der Waals surface area (Å²) in [5.74, 6) is 0.787. The van der Waals surface area contributed by atoms with Gasteiger partial charge in [-0.1, -0.05) is 6.07 Å². The minimum absolute atomic E-state index is 0.0149. The number of anilines is 1. The third-order valence-corrected chi connectivity index (χ3v) is 5.41. The van der Waals surface area contributed by atoms with Crippen LogP contribution < -0.4 is 24.4 Å². The summed E-state index contributed by atoms with van der Waals surface area (Å²) in [6.07, 6.45) is -4.64. The maximum absolute atomic E-state index is 13.6. The van der Waals surface area contributed by atoms with Crippen LogP contribution in [0, 0.1) is 0 Å². The van der Waals surface area contributed by atoms with E-state index in [0.29, 0.717) is 23.7 Å². The van der Waals surface area contributed by atoms with Gasteiger partial charge in [0.1, 0.15) is 6.61 Å². The predicted molar refractivity (Wildman–Crippen MR) is 111 cm³/mol. The molecule has 0 unspecified atom stereocenters. The number of alkyl halides is 3. The molecule has 0 saturated heterocycles. The Morgan fingerprint density at radius 1 is 1.12 bits per heavy atom. The monoisotopic (exact) mass is 460 g/mol. The van der Waals surface area contributed by atoms with Crippen molar-refractivity contribution in [3.63, 3.8) is 0 Å². The van der Waals surface area contributed by atoms with Crippen LogP contribution in [0.5, 0.6) is 17.4 Å². The second-order valence-electron chi connectivity index (χ2n) is 7.52. The quantitative estimate of drug-likeness (QED) is 0.646. The lowest BCUT2D eigenvalue weighted by molar-refractivity contribution is -0.142. The number of ether oxygens (including phenoxy) is 3. The number of fused-ring (bicyclic) bond motifs is 2. The number of carbonyl (C=O) groups is 1. The van der Waals surface area contributed by atoms with Gasteiger partial charge in [0.2, 0.25) is 12.7 Å². The van der Waals surface area contributed by atoms with Crippen LogP contribution in [0.3, 0.4) is 0 Å². The topological polar surface area (TPSA) is 77.9 Å². The molecule has 5 rings (SSSR count).